The number of carboxylic acid groups (broad SMARTS) is 2. The van der Waals surface area contributed by atoms with Crippen molar-refractivity contribution in [2.75, 3.05) is 23.8 Å². The van der Waals surface area contributed by atoms with Crippen LogP contribution < -0.4 is 11.1 Å². The van der Waals surface area contributed by atoms with Gasteiger partial charge in [0, 0.05) is 22.2 Å². The molecule has 1 unspecified atom stereocenters. The number of amides is 2. The van der Waals surface area contributed by atoms with E-state index in [0.29, 0.717) is 16.4 Å². The number of rotatable bonds is 9. The largest absolute Gasteiger partial charge is 0.479 e. The summed E-state index contributed by atoms with van der Waals surface area (Å²) in [5.74, 6) is -3.17. The summed E-state index contributed by atoms with van der Waals surface area (Å²) >= 11 is 3.45. The van der Waals surface area contributed by atoms with Crippen LogP contribution in [0.3, 0.4) is 0 Å². The predicted octanol–water partition coefficient (Wildman–Crippen LogP) is -0.625. The van der Waals surface area contributed by atoms with Crippen molar-refractivity contribution in [2.45, 2.75) is 18.3 Å². The van der Waals surface area contributed by atoms with Crippen LogP contribution in [0.2, 0.25) is 0 Å². The summed E-state index contributed by atoms with van der Waals surface area (Å²) in [7, 11) is 0. The Morgan fingerprint density at radius 3 is 2.74 bits per heavy atom. The number of aliphatic carboxylic acids is 2. The van der Waals surface area contributed by atoms with E-state index in [0.717, 1.165) is 16.4 Å². The molecule has 1 saturated heterocycles. The zero-order valence-corrected chi connectivity index (χ0v) is 18.3. The number of hydrogen-bond acceptors (Lipinski definition) is 12. The van der Waals surface area contributed by atoms with Gasteiger partial charge in [-0.1, -0.05) is 12.1 Å². The normalized spacial score (nSPS) is 20.7. The molecule has 1 fully saturated rings. The second-order valence-corrected chi connectivity index (χ2v) is 9.18. The van der Waals surface area contributed by atoms with Gasteiger partial charge >= 0.3 is 11.9 Å². The summed E-state index contributed by atoms with van der Waals surface area (Å²) in [5, 5.41) is 23.6. The fourth-order valence-electron chi connectivity index (χ4n) is 2.75. The molecule has 3 heterocycles. The maximum Gasteiger partial charge on any atom is 0.353 e. The molecule has 0 spiro atoms. The van der Waals surface area contributed by atoms with Gasteiger partial charge in [-0.05, 0) is 5.75 Å². The molecule has 2 atom stereocenters. The highest BCUT2D eigenvalue weighted by Gasteiger charge is 2.54. The number of nitrogens with two attached hydrogens (primary N) is 1. The third-order valence-corrected chi connectivity index (χ3v) is 6.93. The van der Waals surface area contributed by atoms with Gasteiger partial charge in [-0.3, -0.25) is 14.5 Å². The molecule has 31 heavy (non-hydrogen) atoms. The van der Waals surface area contributed by atoms with E-state index in [9.17, 15) is 24.3 Å². The van der Waals surface area contributed by atoms with Crippen molar-refractivity contribution in [2.24, 2.45) is 5.16 Å². The molecule has 166 valence electrons. The van der Waals surface area contributed by atoms with Crippen LogP contribution in [-0.2, 0) is 24.0 Å². The number of β-lactam (4-membered cyclic amide) rings is 1. The number of carbonyl (C=O) groups is 4. The minimum atomic E-state index is -1.31. The summed E-state index contributed by atoms with van der Waals surface area (Å²) in [6.45, 7) is 1.07. The average Bonchev–Trinajstić information content (AvgIpc) is 3.14. The molecule has 0 saturated carbocycles. The van der Waals surface area contributed by atoms with Crippen molar-refractivity contribution in [1.82, 2.24) is 19.6 Å². The molecule has 0 aromatic carbocycles. The van der Waals surface area contributed by atoms with Gasteiger partial charge in [-0.15, -0.1) is 23.5 Å². The van der Waals surface area contributed by atoms with Crippen LogP contribution in [0.25, 0.3) is 0 Å². The Hall–Kier alpha value is -2.85. The van der Waals surface area contributed by atoms with E-state index in [1.54, 1.807) is 0 Å². The maximum absolute atomic E-state index is 12.7. The number of nitrogens with one attached hydrogen (secondary N) is 1. The molecule has 0 radical (unpaired) electrons. The fourth-order valence-corrected chi connectivity index (χ4v) is 5.59. The molecule has 2 amide bonds. The molecule has 3 rings (SSSR count). The lowest BCUT2D eigenvalue weighted by molar-refractivity contribution is -0.150. The van der Waals surface area contributed by atoms with Gasteiger partial charge in [-0.2, -0.15) is 9.36 Å². The van der Waals surface area contributed by atoms with Gasteiger partial charge < -0.3 is 26.1 Å². The number of carboxylic acids is 2. The molecule has 2 aliphatic rings. The van der Waals surface area contributed by atoms with Gasteiger partial charge in [0.05, 0.1) is 0 Å². The van der Waals surface area contributed by atoms with Crippen molar-refractivity contribution in [3.8, 4) is 0 Å². The first-order valence-electron chi connectivity index (χ1n) is 8.60. The summed E-state index contributed by atoms with van der Waals surface area (Å²) in [5.41, 5.74) is 4.97. The molecule has 1 aromatic rings. The van der Waals surface area contributed by atoms with Gasteiger partial charge in [-0.25, -0.2) is 9.59 Å². The second-order valence-electron chi connectivity index (χ2n) is 5.93. The van der Waals surface area contributed by atoms with Gasteiger partial charge in [0.1, 0.15) is 17.1 Å². The highest BCUT2D eigenvalue weighted by atomic mass is 32.2. The van der Waals surface area contributed by atoms with Crippen LogP contribution in [0.1, 0.15) is 12.7 Å². The average molecular weight is 489 g/mol. The van der Waals surface area contributed by atoms with Gasteiger partial charge in [0.15, 0.2) is 5.13 Å². The van der Waals surface area contributed by atoms with Crippen LogP contribution in [0.15, 0.2) is 15.8 Å². The molecular weight excluding hydrogens is 472 g/mol. The molecule has 0 aliphatic carbocycles. The zero-order chi connectivity index (χ0) is 22.7. The van der Waals surface area contributed by atoms with E-state index in [1.807, 2.05) is 6.92 Å². The Morgan fingerprint density at radius 2 is 2.16 bits per heavy atom. The lowest BCUT2D eigenvalue weighted by Crippen LogP contribution is -2.71. The van der Waals surface area contributed by atoms with Crippen molar-refractivity contribution in [1.29, 1.82) is 0 Å². The predicted molar refractivity (Wildman–Crippen MR) is 112 cm³/mol. The van der Waals surface area contributed by atoms with Crippen LogP contribution in [-0.4, -0.2) is 83.5 Å². The maximum atomic E-state index is 12.7. The van der Waals surface area contributed by atoms with Crippen LogP contribution >= 0.6 is 35.1 Å². The number of thioether (sulfide) groups is 2. The fraction of sp³-hybridized carbons (Fsp3) is 0.400. The minimum absolute atomic E-state index is 0.0413. The zero-order valence-electron chi connectivity index (χ0n) is 15.8. The number of anilines is 1. The van der Waals surface area contributed by atoms with E-state index >= 15 is 0 Å². The number of hydrogen-bond donors (Lipinski definition) is 4. The number of fused-ring (bicyclic) bond motifs is 1. The summed E-state index contributed by atoms with van der Waals surface area (Å²) in [4.78, 5) is 57.9. The van der Waals surface area contributed by atoms with Gasteiger partial charge in [0.2, 0.25) is 18.1 Å². The van der Waals surface area contributed by atoms with Crippen LogP contribution in [0.5, 0.6) is 0 Å². The van der Waals surface area contributed by atoms with Crippen molar-refractivity contribution >= 4 is 69.7 Å². The quantitative estimate of drug-likeness (QED) is 0.195. The van der Waals surface area contributed by atoms with E-state index < -0.39 is 47.5 Å². The SMILES string of the molecule is CCSC1=C(C(=O)O)N2C(=O)C(NC(=O)C(=NOCC(=O)O)c3nsc(N)n3)[C@@H]2SC1. The number of nitrogens with zero attached hydrogens (tertiary/aromatic N) is 4. The first-order chi connectivity index (χ1) is 14.7. The van der Waals surface area contributed by atoms with Crippen molar-refractivity contribution in [3.63, 3.8) is 0 Å². The third-order valence-electron chi connectivity index (χ3n) is 3.95. The standard InChI is InChI=1S/C15H16N6O7S3/c1-2-29-5-4-30-13-8(12(25)21(13)9(5)14(26)27)17-11(24)7(19-28-3-6(22)23)10-18-15(16)31-20-10/h8,13H,2-4H2,1H3,(H,17,24)(H,22,23)(H,26,27)(H2,16,18,20)/t8?,13-/m0/s1. The second kappa shape index (κ2) is 9.52. The highest BCUT2D eigenvalue weighted by molar-refractivity contribution is 8.06. The van der Waals surface area contributed by atoms with E-state index in [-0.39, 0.29) is 16.7 Å². The highest BCUT2D eigenvalue weighted by Crippen LogP contribution is 2.43. The van der Waals surface area contributed by atoms with E-state index in [2.05, 4.69) is 24.7 Å². The number of carbonyl (C=O) groups excluding carboxylic acids is 2. The summed E-state index contributed by atoms with van der Waals surface area (Å²) in [6.07, 6.45) is 0. The first kappa shape index (κ1) is 22.8. The number of nitrogen functional groups attached to an aromatic ring is 1. The Labute approximate surface area is 187 Å². The first-order valence-corrected chi connectivity index (χ1v) is 11.4. The monoisotopic (exact) mass is 488 g/mol. The summed E-state index contributed by atoms with van der Waals surface area (Å²) < 4.78 is 3.85. The number of aromatic nitrogens is 2. The molecule has 0 bridgehead atoms. The Morgan fingerprint density at radius 1 is 1.42 bits per heavy atom. The molecule has 13 nitrogen and oxygen atoms in total. The van der Waals surface area contributed by atoms with Crippen LogP contribution in [0, 0.1) is 0 Å². The minimum Gasteiger partial charge on any atom is -0.479 e. The Bertz CT molecular complexity index is 993. The molecule has 5 N–H and O–H groups in total. The molecule has 16 heteroatoms. The molecule has 2 aliphatic heterocycles. The Balaban J connectivity index is 1.78. The lowest BCUT2D eigenvalue weighted by atomic mass is 10.0. The summed E-state index contributed by atoms with van der Waals surface area (Å²) in [6, 6.07) is -1.01. The van der Waals surface area contributed by atoms with Crippen molar-refractivity contribution in [3.05, 3.63) is 16.4 Å². The number of oxime groups is 1. The topological polar surface area (TPSA) is 197 Å². The molecule has 1 aromatic heterocycles. The van der Waals surface area contributed by atoms with E-state index in [1.165, 1.54) is 23.5 Å². The van der Waals surface area contributed by atoms with E-state index in [4.69, 9.17) is 10.8 Å². The van der Waals surface area contributed by atoms with Crippen molar-refractivity contribution < 1.29 is 34.2 Å². The lowest BCUT2D eigenvalue weighted by Gasteiger charge is -2.49. The molecular formula is C15H16N6O7S3. The smallest absolute Gasteiger partial charge is 0.353 e. The van der Waals surface area contributed by atoms with Gasteiger partial charge in [0.25, 0.3) is 11.8 Å². The van der Waals surface area contributed by atoms with Crippen LogP contribution in [0.4, 0.5) is 5.13 Å². The Kier molecular flexibility index (Phi) is 7.01. The third kappa shape index (κ3) is 4.75.